The summed E-state index contributed by atoms with van der Waals surface area (Å²) >= 11 is 12.3. The Kier molecular flexibility index (Phi) is 7.17. The van der Waals surface area contributed by atoms with Crippen molar-refractivity contribution in [1.29, 1.82) is 0 Å². The number of aliphatic hydroxyl groups is 2. The molecule has 2 rings (SSSR count). The van der Waals surface area contributed by atoms with Crippen LogP contribution in [-0.2, 0) is 4.79 Å². The van der Waals surface area contributed by atoms with Crippen LogP contribution >= 0.6 is 23.2 Å². The van der Waals surface area contributed by atoms with E-state index in [9.17, 15) is 19.4 Å². The van der Waals surface area contributed by atoms with Gasteiger partial charge in [0.25, 0.3) is 0 Å². The molecule has 0 aliphatic rings. The van der Waals surface area contributed by atoms with Crippen molar-refractivity contribution in [3.05, 3.63) is 63.9 Å². The molecule has 0 heterocycles. The van der Waals surface area contributed by atoms with E-state index in [0.717, 1.165) is 0 Å². The van der Waals surface area contributed by atoms with Crippen LogP contribution in [0, 0.1) is 5.82 Å². The normalized spacial score (nSPS) is 13.7. The van der Waals surface area contributed by atoms with E-state index in [1.54, 1.807) is 24.3 Å². The zero-order valence-electron chi connectivity index (χ0n) is 13.6. The second kappa shape index (κ2) is 9.14. The largest absolute Gasteiger partial charge is 0.481 e. The molecule has 0 spiro atoms. The van der Waals surface area contributed by atoms with Crippen LogP contribution in [0.5, 0.6) is 0 Å². The average molecular weight is 399 g/mol. The highest BCUT2D eigenvalue weighted by Gasteiger charge is 2.15. The molecule has 0 aromatic heterocycles. The first-order chi connectivity index (χ1) is 12.3. The van der Waals surface area contributed by atoms with E-state index in [1.807, 2.05) is 0 Å². The van der Waals surface area contributed by atoms with Gasteiger partial charge in [-0.25, -0.2) is 4.39 Å². The molecule has 0 aliphatic carbocycles. The summed E-state index contributed by atoms with van der Waals surface area (Å²) in [4.78, 5) is 10.6. The van der Waals surface area contributed by atoms with Crippen molar-refractivity contribution >= 4 is 35.2 Å². The maximum Gasteiger partial charge on any atom is 0.305 e. The van der Waals surface area contributed by atoms with E-state index in [4.69, 9.17) is 28.3 Å². The van der Waals surface area contributed by atoms with E-state index in [0.29, 0.717) is 21.7 Å². The van der Waals surface area contributed by atoms with E-state index in [2.05, 4.69) is 0 Å². The lowest BCUT2D eigenvalue weighted by molar-refractivity contribution is -0.139. The van der Waals surface area contributed by atoms with Gasteiger partial charge in [-0.2, -0.15) is 0 Å². The summed E-state index contributed by atoms with van der Waals surface area (Å²) in [5.41, 5.74) is 1.21. The molecule has 7 heteroatoms. The molecule has 2 aromatic carbocycles. The predicted octanol–water partition coefficient (Wildman–Crippen LogP) is 4.40. The number of aliphatic hydroxyl groups excluding tert-OH is 2. The van der Waals surface area contributed by atoms with Crippen molar-refractivity contribution in [2.75, 3.05) is 0 Å². The third kappa shape index (κ3) is 5.54. The fraction of sp³-hybridized carbons (Fsp3) is 0.211. The van der Waals surface area contributed by atoms with Gasteiger partial charge in [0.2, 0.25) is 0 Å². The van der Waals surface area contributed by atoms with Gasteiger partial charge in [0.15, 0.2) is 0 Å². The number of carboxylic acids is 1. The van der Waals surface area contributed by atoms with Gasteiger partial charge in [0.1, 0.15) is 5.82 Å². The quantitative estimate of drug-likeness (QED) is 0.645. The van der Waals surface area contributed by atoms with Crippen molar-refractivity contribution < 1.29 is 24.5 Å². The van der Waals surface area contributed by atoms with E-state index < -0.39 is 30.4 Å². The first-order valence-electron chi connectivity index (χ1n) is 7.78. The molecule has 0 radical (unpaired) electrons. The van der Waals surface area contributed by atoms with Gasteiger partial charge in [0, 0.05) is 27.6 Å². The monoisotopic (exact) mass is 398 g/mol. The Balaban J connectivity index is 2.32. The van der Waals surface area contributed by atoms with Crippen molar-refractivity contribution in [3.63, 3.8) is 0 Å². The lowest BCUT2D eigenvalue weighted by Gasteiger charge is -2.13. The SMILES string of the molecule is O=C(O)CC(O)CC(O)/C=C/c1c(Cl)cc(Cl)cc1-c1ccccc1F. The third-order valence-electron chi connectivity index (χ3n) is 3.67. The zero-order valence-corrected chi connectivity index (χ0v) is 15.1. The molecule has 2 atom stereocenters. The minimum Gasteiger partial charge on any atom is -0.481 e. The van der Waals surface area contributed by atoms with Crippen LogP contribution in [0.4, 0.5) is 4.39 Å². The molecule has 4 nitrogen and oxygen atoms in total. The Labute approximate surface area is 160 Å². The fourth-order valence-corrected chi connectivity index (χ4v) is 3.06. The zero-order chi connectivity index (χ0) is 19.3. The first-order valence-corrected chi connectivity index (χ1v) is 8.53. The number of hydrogen-bond acceptors (Lipinski definition) is 3. The van der Waals surface area contributed by atoms with Crippen molar-refractivity contribution in [3.8, 4) is 11.1 Å². The number of hydrogen-bond donors (Lipinski definition) is 3. The number of rotatable bonds is 7. The van der Waals surface area contributed by atoms with Crippen LogP contribution in [0.15, 0.2) is 42.5 Å². The lowest BCUT2D eigenvalue weighted by Crippen LogP contribution is -2.19. The average Bonchev–Trinajstić information content (AvgIpc) is 2.53. The maximum atomic E-state index is 14.2. The highest BCUT2D eigenvalue weighted by Crippen LogP contribution is 2.35. The second-order valence-electron chi connectivity index (χ2n) is 5.74. The van der Waals surface area contributed by atoms with Gasteiger partial charge in [-0.05, 0) is 23.8 Å². The molecule has 0 saturated heterocycles. The van der Waals surface area contributed by atoms with E-state index in [-0.39, 0.29) is 11.4 Å². The van der Waals surface area contributed by atoms with Crippen molar-refractivity contribution in [2.24, 2.45) is 0 Å². The molecule has 3 N–H and O–H groups in total. The van der Waals surface area contributed by atoms with Gasteiger partial charge >= 0.3 is 5.97 Å². The number of halogens is 3. The number of aliphatic carboxylic acids is 1. The van der Waals surface area contributed by atoms with Crippen molar-refractivity contribution in [2.45, 2.75) is 25.0 Å². The Morgan fingerprint density at radius 1 is 1.15 bits per heavy atom. The van der Waals surface area contributed by atoms with Gasteiger partial charge in [-0.3, -0.25) is 4.79 Å². The summed E-state index contributed by atoms with van der Waals surface area (Å²) in [5, 5.41) is 28.8. The summed E-state index contributed by atoms with van der Waals surface area (Å²) in [7, 11) is 0. The molecule has 0 amide bonds. The first kappa shape index (κ1) is 20.4. The second-order valence-corrected chi connectivity index (χ2v) is 6.59. The molecule has 2 unspecified atom stereocenters. The van der Waals surface area contributed by atoms with Gasteiger partial charge < -0.3 is 15.3 Å². The molecule has 0 saturated carbocycles. The molecular weight excluding hydrogens is 382 g/mol. The molecular formula is C19H17Cl2FO4. The molecule has 26 heavy (non-hydrogen) atoms. The number of carboxylic acid groups (broad SMARTS) is 1. The topological polar surface area (TPSA) is 77.8 Å². The van der Waals surface area contributed by atoms with Gasteiger partial charge in [-0.15, -0.1) is 0 Å². The molecule has 138 valence electrons. The summed E-state index contributed by atoms with van der Waals surface area (Å²) in [6.07, 6.45) is -0.0253. The van der Waals surface area contributed by atoms with Crippen LogP contribution in [0.1, 0.15) is 18.4 Å². The van der Waals surface area contributed by atoms with E-state index >= 15 is 0 Å². The summed E-state index contributed by atoms with van der Waals surface area (Å²) in [6.45, 7) is 0. The van der Waals surface area contributed by atoms with Crippen LogP contribution in [0.2, 0.25) is 10.0 Å². The Bertz CT molecular complexity index is 823. The van der Waals surface area contributed by atoms with Gasteiger partial charge in [-0.1, -0.05) is 53.6 Å². The molecule has 2 aromatic rings. The number of carbonyl (C=O) groups is 1. The van der Waals surface area contributed by atoms with E-state index in [1.165, 1.54) is 24.3 Å². The smallest absolute Gasteiger partial charge is 0.305 e. The molecule has 0 bridgehead atoms. The maximum absolute atomic E-state index is 14.2. The van der Waals surface area contributed by atoms with Crippen LogP contribution in [0.3, 0.4) is 0 Å². The molecule has 0 fully saturated rings. The summed E-state index contributed by atoms with van der Waals surface area (Å²) in [6, 6.07) is 9.21. The lowest BCUT2D eigenvalue weighted by atomic mass is 9.98. The Morgan fingerprint density at radius 3 is 2.50 bits per heavy atom. The summed E-state index contributed by atoms with van der Waals surface area (Å²) in [5.74, 6) is -1.60. The minimum atomic E-state index is -1.18. The van der Waals surface area contributed by atoms with Crippen LogP contribution in [-0.4, -0.2) is 33.5 Å². The number of benzene rings is 2. The Hall–Kier alpha value is -1.92. The third-order valence-corrected chi connectivity index (χ3v) is 4.20. The standard InChI is InChI=1S/C19H17Cl2FO4/c20-11-7-16(15-3-1-2-4-18(15)22)14(17(21)8-11)6-5-12(23)9-13(24)10-19(25)26/h1-8,12-13,23-24H,9-10H2,(H,25,26)/b6-5+. The van der Waals surface area contributed by atoms with Crippen LogP contribution < -0.4 is 0 Å². The van der Waals surface area contributed by atoms with Crippen molar-refractivity contribution in [1.82, 2.24) is 0 Å². The highest BCUT2D eigenvalue weighted by molar-refractivity contribution is 6.36. The minimum absolute atomic E-state index is 0.150. The van der Waals surface area contributed by atoms with Crippen LogP contribution in [0.25, 0.3) is 17.2 Å². The fourth-order valence-electron chi connectivity index (χ4n) is 2.51. The predicted molar refractivity (Wildman–Crippen MR) is 99.8 cm³/mol. The summed E-state index contributed by atoms with van der Waals surface area (Å²) < 4.78 is 14.2. The Morgan fingerprint density at radius 2 is 1.85 bits per heavy atom. The molecule has 0 aliphatic heterocycles. The van der Waals surface area contributed by atoms with Gasteiger partial charge in [0.05, 0.1) is 18.6 Å². The highest BCUT2D eigenvalue weighted by atomic mass is 35.5.